The molecule has 2 fully saturated rings. The predicted octanol–water partition coefficient (Wildman–Crippen LogP) is 1.63. The number of anilines is 1. The summed E-state index contributed by atoms with van der Waals surface area (Å²) in [6.07, 6.45) is 1.99. The highest BCUT2D eigenvalue weighted by molar-refractivity contribution is 5.80. The fourth-order valence-electron chi connectivity index (χ4n) is 3.20. The Bertz CT molecular complexity index is 558. The fraction of sp³-hybridized carbons (Fsp3) is 0.529. The predicted molar refractivity (Wildman–Crippen MR) is 83.5 cm³/mol. The molecule has 22 heavy (non-hydrogen) atoms. The number of amides is 1. The molecule has 5 nitrogen and oxygen atoms in total. The number of piperidine rings is 1. The lowest BCUT2D eigenvalue weighted by Crippen LogP contribution is -2.48. The molecule has 1 aromatic carbocycles. The fourth-order valence-corrected chi connectivity index (χ4v) is 3.20. The van der Waals surface area contributed by atoms with Crippen LogP contribution in [-0.2, 0) is 9.53 Å². The van der Waals surface area contributed by atoms with Crippen LogP contribution in [0.15, 0.2) is 24.3 Å². The van der Waals surface area contributed by atoms with E-state index >= 15 is 0 Å². The van der Waals surface area contributed by atoms with E-state index in [0.29, 0.717) is 31.9 Å². The van der Waals surface area contributed by atoms with Gasteiger partial charge in [-0.15, -0.1) is 0 Å². The number of morpholine rings is 1. The number of benzene rings is 1. The van der Waals surface area contributed by atoms with Gasteiger partial charge in [0.15, 0.2) is 0 Å². The second-order valence-electron chi connectivity index (χ2n) is 5.88. The van der Waals surface area contributed by atoms with Gasteiger partial charge in [0.05, 0.1) is 30.8 Å². The van der Waals surface area contributed by atoms with Crippen LogP contribution in [0.5, 0.6) is 0 Å². The molecule has 1 aromatic rings. The zero-order valence-corrected chi connectivity index (χ0v) is 12.7. The molecule has 2 aliphatic heterocycles. The lowest BCUT2D eigenvalue weighted by Gasteiger charge is -2.37. The first kappa shape index (κ1) is 14.9. The zero-order chi connectivity index (χ0) is 15.4. The first-order valence-corrected chi connectivity index (χ1v) is 7.89. The summed E-state index contributed by atoms with van der Waals surface area (Å²) in [4.78, 5) is 16.8. The molecule has 5 heteroatoms. The first-order chi connectivity index (χ1) is 10.8. The molecule has 1 atom stereocenters. The van der Waals surface area contributed by atoms with Gasteiger partial charge in [-0.2, -0.15) is 5.26 Å². The van der Waals surface area contributed by atoms with Crippen LogP contribution in [0.4, 0.5) is 5.69 Å². The number of nitriles is 1. The quantitative estimate of drug-likeness (QED) is 0.833. The van der Waals surface area contributed by atoms with Crippen molar-refractivity contribution in [1.82, 2.24) is 4.90 Å². The van der Waals surface area contributed by atoms with Gasteiger partial charge in [-0.1, -0.05) is 0 Å². The monoisotopic (exact) mass is 299 g/mol. The molecular formula is C17H21N3O2. The maximum atomic E-state index is 12.6. The summed E-state index contributed by atoms with van der Waals surface area (Å²) in [5, 5.41) is 8.87. The van der Waals surface area contributed by atoms with Gasteiger partial charge in [-0.25, -0.2) is 0 Å². The van der Waals surface area contributed by atoms with Crippen LogP contribution in [0.2, 0.25) is 0 Å². The zero-order valence-electron chi connectivity index (χ0n) is 12.7. The molecule has 0 N–H and O–H groups in total. The van der Waals surface area contributed by atoms with E-state index in [2.05, 4.69) is 11.0 Å². The highest BCUT2D eigenvalue weighted by Gasteiger charge is 2.30. The van der Waals surface area contributed by atoms with Gasteiger partial charge in [0.1, 0.15) is 0 Å². The van der Waals surface area contributed by atoms with Crippen molar-refractivity contribution in [1.29, 1.82) is 5.26 Å². The summed E-state index contributed by atoms with van der Waals surface area (Å²) in [7, 11) is 0. The maximum absolute atomic E-state index is 12.6. The van der Waals surface area contributed by atoms with Crippen LogP contribution >= 0.6 is 0 Å². The Hall–Kier alpha value is -2.06. The number of carbonyl (C=O) groups excluding carboxylic acids is 1. The molecular weight excluding hydrogens is 278 g/mol. The number of carbonyl (C=O) groups is 1. The Balaban J connectivity index is 1.65. The summed E-state index contributed by atoms with van der Waals surface area (Å²) in [5.41, 5.74) is 1.76. The van der Waals surface area contributed by atoms with E-state index in [1.807, 2.05) is 29.2 Å². The van der Waals surface area contributed by atoms with Crippen LogP contribution in [0.3, 0.4) is 0 Å². The van der Waals surface area contributed by atoms with Crippen molar-refractivity contribution in [3.63, 3.8) is 0 Å². The number of ether oxygens (including phenoxy) is 1. The normalized spacial score (nSPS) is 22.2. The Morgan fingerprint density at radius 2 is 1.91 bits per heavy atom. The summed E-state index contributed by atoms with van der Waals surface area (Å²) < 4.78 is 5.32. The van der Waals surface area contributed by atoms with Crippen molar-refractivity contribution in [3.8, 4) is 6.07 Å². The van der Waals surface area contributed by atoms with Crippen LogP contribution in [0.1, 0.15) is 18.4 Å². The molecule has 3 rings (SSSR count). The van der Waals surface area contributed by atoms with Crippen molar-refractivity contribution in [3.05, 3.63) is 29.8 Å². The molecule has 2 heterocycles. The van der Waals surface area contributed by atoms with E-state index < -0.39 is 0 Å². The smallest absolute Gasteiger partial charge is 0.227 e. The van der Waals surface area contributed by atoms with Crippen LogP contribution in [-0.4, -0.2) is 50.2 Å². The minimum absolute atomic E-state index is 0.0718. The van der Waals surface area contributed by atoms with Gasteiger partial charge in [0.2, 0.25) is 5.91 Å². The molecule has 0 saturated carbocycles. The van der Waals surface area contributed by atoms with Gasteiger partial charge >= 0.3 is 0 Å². The Kier molecular flexibility index (Phi) is 4.59. The highest BCUT2D eigenvalue weighted by atomic mass is 16.5. The van der Waals surface area contributed by atoms with Crippen molar-refractivity contribution < 1.29 is 9.53 Å². The van der Waals surface area contributed by atoms with Gasteiger partial charge in [-0.05, 0) is 37.1 Å². The third-order valence-electron chi connectivity index (χ3n) is 4.45. The third kappa shape index (κ3) is 3.23. The van der Waals surface area contributed by atoms with Crippen LogP contribution in [0, 0.1) is 17.2 Å². The lowest BCUT2D eigenvalue weighted by molar-refractivity contribution is -0.139. The van der Waals surface area contributed by atoms with Crippen molar-refractivity contribution in [2.75, 3.05) is 44.3 Å². The summed E-state index contributed by atoms with van der Waals surface area (Å²) >= 11 is 0. The molecule has 2 aliphatic rings. The third-order valence-corrected chi connectivity index (χ3v) is 4.45. The topological polar surface area (TPSA) is 56.6 Å². The average molecular weight is 299 g/mol. The Morgan fingerprint density at radius 1 is 1.18 bits per heavy atom. The van der Waals surface area contributed by atoms with Crippen LogP contribution < -0.4 is 4.90 Å². The molecule has 1 unspecified atom stereocenters. The number of nitrogens with zero attached hydrogens (tertiary/aromatic N) is 3. The van der Waals surface area contributed by atoms with Gasteiger partial charge < -0.3 is 14.5 Å². The van der Waals surface area contributed by atoms with E-state index in [4.69, 9.17) is 10.00 Å². The molecule has 116 valence electrons. The SMILES string of the molecule is N#Cc1ccc(N2CCCC(C(=O)N3CCOCC3)C2)cc1. The van der Waals surface area contributed by atoms with E-state index in [1.54, 1.807) is 0 Å². The standard InChI is InChI=1S/C17H21N3O2/c18-12-14-3-5-16(6-4-14)20-7-1-2-15(13-20)17(21)19-8-10-22-11-9-19/h3-6,15H,1-2,7-11,13H2. The average Bonchev–Trinajstić information content (AvgIpc) is 2.62. The molecule has 0 aliphatic carbocycles. The number of hydrogen-bond donors (Lipinski definition) is 0. The Morgan fingerprint density at radius 3 is 2.59 bits per heavy atom. The second kappa shape index (κ2) is 6.80. The van der Waals surface area contributed by atoms with E-state index in [9.17, 15) is 4.79 Å². The molecule has 0 aromatic heterocycles. The summed E-state index contributed by atoms with van der Waals surface area (Å²) in [5.74, 6) is 0.337. The van der Waals surface area contributed by atoms with E-state index in [0.717, 1.165) is 31.6 Å². The molecule has 0 spiro atoms. The number of hydrogen-bond acceptors (Lipinski definition) is 4. The highest BCUT2D eigenvalue weighted by Crippen LogP contribution is 2.25. The number of rotatable bonds is 2. The molecule has 0 bridgehead atoms. The van der Waals surface area contributed by atoms with Gasteiger partial charge in [0.25, 0.3) is 0 Å². The van der Waals surface area contributed by atoms with Crippen molar-refractivity contribution in [2.45, 2.75) is 12.8 Å². The molecule has 1 amide bonds. The van der Waals surface area contributed by atoms with Gasteiger partial charge in [-0.3, -0.25) is 4.79 Å². The second-order valence-corrected chi connectivity index (χ2v) is 5.88. The first-order valence-electron chi connectivity index (χ1n) is 7.89. The van der Waals surface area contributed by atoms with E-state index in [1.165, 1.54) is 0 Å². The summed E-state index contributed by atoms with van der Waals surface area (Å²) in [6.45, 7) is 4.47. The van der Waals surface area contributed by atoms with Gasteiger partial charge in [0, 0.05) is 31.9 Å². The molecule has 0 radical (unpaired) electrons. The van der Waals surface area contributed by atoms with Crippen molar-refractivity contribution >= 4 is 11.6 Å². The molecule has 2 saturated heterocycles. The van der Waals surface area contributed by atoms with E-state index in [-0.39, 0.29) is 11.8 Å². The maximum Gasteiger partial charge on any atom is 0.227 e. The largest absolute Gasteiger partial charge is 0.378 e. The lowest BCUT2D eigenvalue weighted by atomic mass is 9.95. The minimum atomic E-state index is 0.0718. The summed E-state index contributed by atoms with van der Waals surface area (Å²) in [6, 6.07) is 9.75. The Labute approximate surface area is 131 Å². The minimum Gasteiger partial charge on any atom is -0.378 e. The van der Waals surface area contributed by atoms with Crippen LogP contribution in [0.25, 0.3) is 0 Å². The van der Waals surface area contributed by atoms with Crippen molar-refractivity contribution in [2.24, 2.45) is 5.92 Å².